The van der Waals surface area contributed by atoms with Gasteiger partial charge in [-0.05, 0) is 74.0 Å². The number of fused-ring (bicyclic) bond motifs is 5. The molecule has 3 fully saturated rings. The molecule has 23 heavy (non-hydrogen) atoms. The van der Waals surface area contributed by atoms with Crippen LogP contribution in [0.5, 0.6) is 0 Å². The molecule has 3 heteroatoms. The largest absolute Gasteiger partial charge is 0.393 e. The Morgan fingerprint density at radius 3 is 2.70 bits per heavy atom. The highest BCUT2D eigenvalue weighted by molar-refractivity contribution is 5.68. The number of carbonyl (C=O) groups excluding carboxylic acids is 1. The SMILES string of the molecule is CC1C[C@H](O)C=C2CC[C@H]3[C@@H]4CC[C@H](O)[C@@]4(C)CC[C@@H]3[C@]21C=O. The number of hydrogen-bond donors (Lipinski definition) is 2. The third-order valence-corrected chi connectivity index (χ3v) is 8.30. The molecule has 0 radical (unpaired) electrons. The molecular weight excluding hydrogens is 288 g/mol. The molecule has 0 aliphatic heterocycles. The number of rotatable bonds is 1. The predicted octanol–water partition coefficient (Wildman–Crippen LogP) is 3.10. The molecule has 0 aromatic carbocycles. The molecule has 128 valence electrons. The molecule has 3 saturated carbocycles. The number of aldehydes is 1. The quantitative estimate of drug-likeness (QED) is 0.577. The van der Waals surface area contributed by atoms with E-state index in [9.17, 15) is 15.0 Å². The Kier molecular flexibility index (Phi) is 3.55. The lowest BCUT2D eigenvalue weighted by Crippen LogP contribution is -2.55. The molecule has 4 aliphatic rings. The Hall–Kier alpha value is -0.670. The normalized spacial score (nSPS) is 55.4. The van der Waals surface area contributed by atoms with Gasteiger partial charge in [-0.2, -0.15) is 0 Å². The lowest BCUT2D eigenvalue weighted by atomic mass is 9.45. The zero-order valence-electron chi connectivity index (χ0n) is 14.4. The maximum Gasteiger partial charge on any atom is 0.130 e. The average molecular weight is 318 g/mol. The molecule has 0 amide bonds. The predicted molar refractivity (Wildman–Crippen MR) is 88.7 cm³/mol. The van der Waals surface area contributed by atoms with Crippen LogP contribution in [0.25, 0.3) is 0 Å². The molecule has 1 unspecified atom stereocenters. The van der Waals surface area contributed by atoms with Gasteiger partial charge in [0.15, 0.2) is 0 Å². The number of hydrogen-bond acceptors (Lipinski definition) is 3. The smallest absolute Gasteiger partial charge is 0.130 e. The number of aliphatic hydroxyl groups excluding tert-OH is 2. The van der Waals surface area contributed by atoms with Gasteiger partial charge in [-0.25, -0.2) is 0 Å². The first kappa shape index (κ1) is 15.8. The summed E-state index contributed by atoms with van der Waals surface area (Å²) < 4.78 is 0. The summed E-state index contributed by atoms with van der Waals surface area (Å²) in [5, 5.41) is 20.6. The number of carbonyl (C=O) groups is 1. The van der Waals surface area contributed by atoms with E-state index in [2.05, 4.69) is 13.8 Å². The lowest BCUT2D eigenvalue weighted by molar-refractivity contribution is -0.134. The molecule has 0 saturated heterocycles. The minimum absolute atomic E-state index is 0.0594. The molecule has 3 nitrogen and oxygen atoms in total. The van der Waals surface area contributed by atoms with Crippen LogP contribution in [0, 0.1) is 34.5 Å². The van der Waals surface area contributed by atoms with Crippen molar-refractivity contribution in [2.45, 2.75) is 71.0 Å². The first-order valence-electron chi connectivity index (χ1n) is 9.47. The van der Waals surface area contributed by atoms with E-state index in [1.807, 2.05) is 6.08 Å². The number of allylic oxidation sites excluding steroid dienone is 1. The summed E-state index contributed by atoms with van der Waals surface area (Å²) in [7, 11) is 0. The second-order valence-electron chi connectivity index (χ2n) is 9.00. The molecule has 0 aromatic rings. The maximum absolute atomic E-state index is 12.4. The van der Waals surface area contributed by atoms with E-state index >= 15 is 0 Å². The Labute approximate surface area is 139 Å². The van der Waals surface area contributed by atoms with Crippen molar-refractivity contribution in [3.63, 3.8) is 0 Å². The van der Waals surface area contributed by atoms with Crippen molar-refractivity contribution in [1.29, 1.82) is 0 Å². The zero-order valence-corrected chi connectivity index (χ0v) is 14.4. The van der Waals surface area contributed by atoms with Crippen LogP contribution in [0.1, 0.15) is 58.8 Å². The van der Waals surface area contributed by atoms with Crippen molar-refractivity contribution < 1.29 is 15.0 Å². The van der Waals surface area contributed by atoms with Gasteiger partial charge in [-0.3, -0.25) is 0 Å². The van der Waals surface area contributed by atoms with Crippen LogP contribution in [0.4, 0.5) is 0 Å². The summed E-state index contributed by atoms with van der Waals surface area (Å²) in [5.74, 6) is 1.75. The van der Waals surface area contributed by atoms with Gasteiger partial charge in [0.05, 0.1) is 17.6 Å². The van der Waals surface area contributed by atoms with Crippen LogP contribution >= 0.6 is 0 Å². The molecular formula is C20H30O3. The van der Waals surface area contributed by atoms with Crippen molar-refractivity contribution in [2.75, 3.05) is 0 Å². The Morgan fingerprint density at radius 1 is 1.17 bits per heavy atom. The van der Waals surface area contributed by atoms with Crippen molar-refractivity contribution in [3.05, 3.63) is 11.6 Å². The highest BCUT2D eigenvalue weighted by Crippen LogP contribution is 2.65. The zero-order chi connectivity index (χ0) is 16.4. The third kappa shape index (κ3) is 1.93. The van der Waals surface area contributed by atoms with Gasteiger partial charge in [0.25, 0.3) is 0 Å². The monoisotopic (exact) mass is 318 g/mol. The maximum atomic E-state index is 12.4. The van der Waals surface area contributed by atoms with E-state index in [0.29, 0.717) is 24.2 Å². The number of aliphatic hydroxyl groups is 2. The van der Waals surface area contributed by atoms with Crippen LogP contribution in [-0.2, 0) is 4.79 Å². The van der Waals surface area contributed by atoms with Crippen LogP contribution in [0.2, 0.25) is 0 Å². The second-order valence-corrected chi connectivity index (χ2v) is 9.00. The fraction of sp³-hybridized carbons (Fsp3) is 0.850. The third-order valence-electron chi connectivity index (χ3n) is 8.30. The van der Waals surface area contributed by atoms with Gasteiger partial charge in [-0.15, -0.1) is 0 Å². The van der Waals surface area contributed by atoms with Crippen LogP contribution in [0.15, 0.2) is 11.6 Å². The first-order valence-corrected chi connectivity index (χ1v) is 9.47. The van der Waals surface area contributed by atoms with Crippen LogP contribution in [0.3, 0.4) is 0 Å². The summed E-state index contributed by atoms with van der Waals surface area (Å²) in [5.41, 5.74) is 0.920. The van der Waals surface area contributed by atoms with Gasteiger partial charge in [0.2, 0.25) is 0 Å². The highest BCUT2D eigenvalue weighted by Gasteiger charge is 2.61. The molecule has 2 N–H and O–H groups in total. The molecule has 0 spiro atoms. The van der Waals surface area contributed by atoms with Crippen LogP contribution < -0.4 is 0 Å². The molecule has 0 bridgehead atoms. The van der Waals surface area contributed by atoms with Gasteiger partial charge in [0.1, 0.15) is 6.29 Å². The van der Waals surface area contributed by atoms with E-state index in [1.165, 1.54) is 11.9 Å². The van der Waals surface area contributed by atoms with Gasteiger partial charge in [-0.1, -0.05) is 25.5 Å². The fourth-order valence-electron chi connectivity index (χ4n) is 7.08. The summed E-state index contributed by atoms with van der Waals surface area (Å²) in [6, 6.07) is 0. The second kappa shape index (κ2) is 5.16. The standard InChI is InChI=1S/C20H30O3/c1-12-9-14(22)10-13-3-4-15-16-5-6-18(23)19(16,2)8-7-17(15)20(12,13)11-21/h10-12,14-18,22-23H,3-9H2,1-2H3/t12?,14-,15-,16-,17-,18-,19-,20-/m0/s1. The molecule has 4 aliphatic carbocycles. The summed E-state index contributed by atoms with van der Waals surface area (Å²) in [6.07, 6.45) is 9.58. The summed E-state index contributed by atoms with van der Waals surface area (Å²) >= 11 is 0. The summed E-state index contributed by atoms with van der Waals surface area (Å²) in [4.78, 5) is 12.4. The van der Waals surface area contributed by atoms with Crippen molar-refractivity contribution in [1.82, 2.24) is 0 Å². The first-order chi connectivity index (χ1) is 10.9. The molecule has 8 atom stereocenters. The summed E-state index contributed by atoms with van der Waals surface area (Å²) in [6.45, 7) is 4.43. The Balaban J connectivity index is 1.75. The van der Waals surface area contributed by atoms with Gasteiger partial charge < -0.3 is 15.0 Å². The fourth-order valence-corrected chi connectivity index (χ4v) is 7.08. The van der Waals surface area contributed by atoms with Crippen molar-refractivity contribution >= 4 is 6.29 Å². The Bertz CT molecular complexity index is 541. The molecule has 0 aromatic heterocycles. The van der Waals surface area contributed by atoms with Crippen molar-refractivity contribution in [2.24, 2.45) is 34.5 Å². The van der Waals surface area contributed by atoms with E-state index in [0.717, 1.165) is 38.5 Å². The minimum atomic E-state index is -0.383. The lowest BCUT2D eigenvalue weighted by Gasteiger charge is -2.59. The van der Waals surface area contributed by atoms with Crippen LogP contribution in [-0.4, -0.2) is 28.7 Å². The average Bonchev–Trinajstić information content (AvgIpc) is 2.82. The minimum Gasteiger partial charge on any atom is -0.393 e. The molecule has 4 rings (SSSR count). The topological polar surface area (TPSA) is 57.5 Å². The van der Waals surface area contributed by atoms with Gasteiger partial charge >= 0.3 is 0 Å². The van der Waals surface area contributed by atoms with E-state index in [4.69, 9.17) is 0 Å². The van der Waals surface area contributed by atoms with E-state index < -0.39 is 0 Å². The van der Waals surface area contributed by atoms with Gasteiger partial charge in [0, 0.05) is 0 Å². The molecule has 0 heterocycles. The highest BCUT2D eigenvalue weighted by atomic mass is 16.3. The van der Waals surface area contributed by atoms with E-state index in [-0.39, 0.29) is 29.0 Å². The Morgan fingerprint density at radius 2 is 1.96 bits per heavy atom. The van der Waals surface area contributed by atoms with Crippen molar-refractivity contribution in [3.8, 4) is 0 Å². The van der Waals surface area contributed by atoms with E-state index in [1.54, 1.807) is 0 Å².